The van der Waals surface area contributed by atoms with Crippen molar-refractivity contribution in [3.63, 3.8) is 0 Å². The van der Waals surface area contributed by atoms with Gasteiger partial charge in [0, 0.05) is 6.07 Å². The normalized spacial score (nSPS) is 11.6. The van der Waals surface area contributed by atoms with E-state index in [9.17, 15) is 22.8 Å². The Kier molecular flexibility index (Phi) is 5.01. The van der Waals surface area contributed by atoms with Gasteiger partial charge in [0.05, 0.1) is 22.3 Å². The van der Waals surface area contributed by atoms with Crippen molar-refractivity contribution in [1.82, 2.24) is 24.8 Å². The largest absolute Gasteiger partial charge is 0.418 e. The molecule has 0 aliphatic heterocycles. The first kappa shape index (κ1) is 20.3. The molecule has 0 fully saturated rings. The summed E-state index contributed by atoms with van der Waals surface area (Å²) in [5, 5.41) is 14.5. The van der Waals surface area contributed by atoms with E-state index in [0.29, 0.717) is 16.6 Å². The lowest BCUT2D eigenvalue weighted by Gasteiger charge is -2.15. The first-order valence-electron chi connectivity index (χ1n) is 9.10. The molecule has 4 rings (SSSR count). The van der Waals surface area contributed by atoms with E-state index in [4.69, 9.17) is 0 Å². The van der Waals surface area contributed by atoms with Crippen LogP contribution in [0.2, 0.25) is 0 Å². The van der Waals surface area contributed by atoms with Crippen LogP contribution in [-0.2, 0) is 17.5 Å². The van der Waals surface area contributed by atoms with Gasteiger partial charge in [-0.05, 0) is 31.2 Å². The lowest BCUT2D eigenvalue weighted by atomic mass is 10.1. The summed E-state index contributed by atoms with van der Waals surface area (Å²) >= 11 is 0. The zero-order chi connectivity index (χ0) is 22.2. The average Bonchev–Trinajstić information content (AvgIpc) is 3.09. The molecule has 31 heavy (non-hydrogen) atoms. The Bertz CT molecular complexity index is 1340. The molecule has 0 unspecified atom stereocenters. The lowest BCUT2D eigenvalue weighted by molar-refractivity contribution is -0.137. The van der Waals surface area contributed by atoms with Crippen molar-refractivity contribution in [2.24, 2.45) is 0 Å². The Morgan fingerprint density at radius 1 is 1.10 bits per heavy atom. The Labute approximate surface area is 172 Å². The number of amides is 1. The van der Waals surface area contributed by atoms with Gasteiger partial charge in [-0.3, -0.25) is 9.59 Å². The first-order valence-corrected chi connectivity index (χ1v) is 9.10. The summed E-state index contributed by atoms with van der Waals surface area (Å²) in [6, 6.07) is 12.9. The van der Waals surface area contributed by atoms with Gasteiger partial charge < -0.3 is 5.32 Å². The second-order valence-electron chi connectivity index (χ2n) is 6.72. The van der Waals surface area contributed by atoms with Gasteiger partial charge in [-0.25, -0.2) is 9.36 Å². The molecule has 0 radical (unpaired) electrons. The third-order valence-corrected chi connectivity index (χ3v) is 4.46. The molecule has 2 heterocycles. The molecular formula is C20H15F3N6O2. The van der Waals surface area contributed by atoms with Crippen LogP contribution in [0.3, 0.4) is 0 Å². The van der Waals surface area contributed by atoms with Gasteiger partial charge in [0.2, 0.25) is 5.91 Å². The zero-order valence-electron chi connectivity index (χ0n) is 16.1. The summed E-state index contributed by atoms with van der Waals surface area (Å²) in [6.07, 6.45) is -4.61. The van der Waals surface area contributed by atoms with Gasteiger partial charge in [-0.2, -0.15) is 18.3 Å². The summed E-state index contributed by atoms with van der Waals surface area (Å²) in [7, 11) is 0. The minimum absolute atomic E-state index is 0.0287. The lowest BCUT2D eigenvalue weighted by Crippen LogP contribution is -2.31. The van der Waals surface area contributed by atoms with Crippen molar-refractivity contribution in [1.29, 1.82) is 0 Å². The third kappa shape index (κ3) is 4.02. The fraction of sp³-hybridized carbons (Fsp3) is 0.150. The molecule has 1 amide bonds. The number of nitrogens with zero attached hydrogens (tertiary/aromatic N) is 5. The van der Waals surface area contributed by atoms with Crippen LogP contribution >= 0.6 is 0 Å². The molecule has 4 aromatic rings. The van der Waals surface area contributed by atoms with E-state index in [-0.39, 0.29) is 11.5 Å². The van der Waals surface area contributed by atoms with Crippen LogP contribution in [0.5, 0.6) is 0 Å². The summed E-state index contributed by atoms with van der Waals surface area (Å²) in [5.41, 5.74) is -0.851. The number of halogens is 3. The molecule has 158 valence electrons. The van der Waals surface area contributed by atoms with Gasteiger partial charge in [0.15, 0.2) is 0 Å². The van der Waals surface area contributed by atoms with Crippen molar-refractivity contribution in [3.8, 4) is 5.69 Å². The van der Waals surface area contributed by atoms with Gasteiger partial charge >= 0.3 is 6.18 Å². The number of carbonyl (C=O) groups is 1. The zero-order valence-corrected chi connectivity index (χ0v) is 16.1. The number of carbonyl (C=O) groups excluding carboxylic acids is 1. The van der Waals surface area contributed by atoms with Crippen LogP contribution in [0.15, 0.2) is 59.4 Å². The van der Waals surface area contributed by atoms with Crippen LogP contribution in [0.1, 0.15) is 11.3 Å². The third-order valence-electron chi connectivity index (χ3n) is 4.46. The predicted molar refractivity (Wildman–Crippen MR) is 106 cm³/mol. The maximum absolute atomic E-state index is 13.4. The van der Waals surface area contributed by atoms with E-state index in [1.165, 1.54) is 24.3 Å². The number of para-hydroxylation sites is 1. The fourth-order valence-electron chi connectivity index (χ4n) is 3.12. The standard InChI is InChI=1S/C20H15F3N6O2/c1-12-10-17(29(26-12)16-9-5-3-7-14(16)20(21,22)23)24-18(30)11-28-19(31)13-6-2-4-8-15(13)25-27-28/h2-10H,11H2,1H3,(H,24,30). The Balaban J connectivity index is 1.64. The van der Waals surface area contributed by atoms with Crippen LogP contribution in [0.4, 0.5) is 19.0 Å². The number of anilines is 1. The second kappa shape index (κ2) is 7.67. The van der Waals surface area contributed by atoms with Crippen molar-refractivity contribution >= 4 is 22.6 Å². The fourth-order valence-corrected chi connectivity index (χ4v) is 3.12. The molecule has 11 heteroatoms. The second-order valence-corrected chi connectivity index (χ2v) is 6.72. The highest BCUT2D eigenvalue weighted by Gasteiger charge is 2.34. The summed E-state index contributed by atoms with van der Waals surface area (Å²) < 4.78 is 42.1. The van der Waals surface area contributed by atoms with Gasteiger partial charge in [0.25, 0.3) is 5.56 Å². The van der Waals surface area contributed by atoms with Crippen molar-refractivity contribution < 1.29 is 18.0 Å². The molecule has 0 saturated carbocycles. The Morgan fingerprint density at radius 2 is 1.81 bits per heavy atom. The Morgan fingerprint density at radius 3 is 2.58 bits per heavy atom. The van der Waals surface area contributed by atoms with E-state index < -0.39 is 29.8 Å². The smallest absolute Gasteiger partial charge is 0.309 e. The number of hydrogen-bond donors (Lipinski definition) is 1. The van der Waals surface area contributed by atoms with Crippen molar-refractivity contribution in [3.05, 3.63) is 76.2 Å². The number of rotatable bonds is 4. The minimum atomic E-state index is -4.61. The monoisotopic (exact) mass is 428 g/mol. The van der Waals surface area contributed by atoms with Crippen LogP contribution in [-0.4, -0.2) is 30.7 Å². The molecule has 2 aromatic heterocycles. The average molecular weight is 428 g/mol. The van der Waals surface area contributed by atoms with Gasteiger partial charge in [0.1, 0.15) is 17.9 Å². The molecule has 1 N–H and O–H groups in total. The molecule has 8 nitrogen and oxygen atoms in total. The number of benzene rings is 2. The van der Waals surface area contributed by atoms with E-state index in [1.807, 2.05) is 0 Å². The molecule has 0 bridgehead atoms. The number of aromatic nitrogens is 5. The predicted octanol–water partition coefficient (Wildman–Crippen LogP) is 2.94. The van der Waals surface area contributed by atoms with Gasteiger partial charge in [-0.1, -0.05) is 29.5 Å². The summed E-state index contributed by atoms with van der Waals surface area (Å²) in [5.74, 6) is -0.640. The maximum Gasteiger partial charge on any atom is 0.418 e. The first-order chi connectivity index (χ1) is 14.7. The SMILES string of the molecule is Cc1cc(NC(=O)Cn2nnc3ccccc3c2=O)n(-c2ccccc2C(F)(F)F)n1. The molecule has 0 spiro atoms. The highest BCUT2D eigenvalue weighted by atomic mass is 19.4. The molecule has 2 aromatic carbocycles. The highest BCUT2D eigenvalue weighted by Crippen LogP contribution is 2.34. The molecule has 0 atom stereocenters. The highest BCUT2D eigenvalue weighted by molar-refractivity contribution is 5.90. The quantitative estimate of drug-likeness (QED) is 0.539. The minimum Gasteiger partial charge on any atom is -0.309 e. The van der Waals surface area contributed by atoms with Crippen LogP contribution < -0.4 is 10.9 Å². The van der Waals surface area contributed by atoms with Crippen LogP contribution in [0.25, 0.3) is 16.6 Å². The maximum atomic E-state index is 13.4. The number of aryl methyl sites for hydroxylation is 1. The number of hydrogen-bond acceptors (Lipinski definition) is 5. The molecule has 0 saturated heterocycles. The van der Waals surface area contributed by atoms with Crippen molar-refractivity contribution in [2.75, 3.05) is 5.32 Å². The van der Waals surface area contributed by atoms with E-state index in [1.54, 1.807) is 31.2 Å². The number of nitrogens with one attached hydrogen (secondary N) is 1. The number of alkyl halides is 3. The summed E-state index contributed by atoms with van der Waals surface area (Å²) in [6.45, 7) is 1.11. The molecular weight excluding hydrogens is 413 g/mol. The van der Waals surface area contributed by atoms with Gasteiger partial charge in [-0.15, -0.1) is 5.10 Å². The molecule has 0 aliphatic rings. The van der Waals surface area contributed by atoms with E-state index >= 15 is 0 Å². The van der Waals surface area contributed by atoms with E-state index in [0.717, 1.165) is 15.4 Å². The summed E-state index contributed by atoms with van der Waals surface area (Å²) in [4.78, 5) is 25.0. The topological polar surface area (TPSA) is 94.7 Å². The molecule has 0 aliphatic carbocycles. The Hall–Kier alpha value is -4.02. The van der Waals surface area contributed by atoms with Crippen molar-refractivity contribution in [2.45, 2.75) is 19.6 Å². The van der Waals surface area contributed by atoms with Crippen LogP contribution in [0, 0.1) is 6.92 Å². The van der Waals surface area contributed by atoms with E-state index in [2.05, 4.69) is 20.7 Å². The number of fused-ring (bicyclic) bond motifs is 1.